The van der Waals surface area contributed by atoms with Crippen LogP contribution in [0, 0.1) is 5.92 Å². The highest BCUT2D eigenvalue weighted by Gasteiger charge is 2.06. The Hall–Kier alpha value is -0.730. The van der Waals surface area contributed by atoms with Gasteiger partial charge in [0.2, 0.25) is 0 Å². The van der Waals surface area contributed by atoms with E-state index in [-0.39, 0.29) is 12.1 Å². The van der Waals surface area contributed by atoms with E-state index in [0.29, 0.717) is 5.92 Å². The van der Waals surface area contributed by atoms with Gasteiger partial charge in [-0.3, -0.25) is 0 Å². The predicted octanol–water partition coefficient (Wildman–Crippen LogP) is 2.52. The van der Waals surface area contributed by atoms with Crippen molar-refractivity contribution in [3.8, 4) is 0 Å². The Bertz CT molecular complexity index is 157. The van der Waals surface area contributed by atoms with E-state index in [1.807, 2.05) is 13.8 Å². The minimum atomic E-state index is -0.0388. The molecule has 1 atom stereocenters. The van der Waals surface area contributed by atoms with Gasteiger partial charge in [-0.1, -0.05) is 20.8 Å². The molecule has 0 saturated carbocycles. The number of urea groups is 1. The van der Waals surface area contributed by atoms with Crippen LogP contribution in [0.1, 0.15) is 47.0 Å². The molecule has 2 amide bonds. The van der Waals surface area contributed by atoms with Gasteiger partial charge >= 0.3 is 6.03 Å². The Morgan fingerprint density at radius 1 is 1.21 bits per heavy atom. The number of amides is 2. The first-order valence-corrected chi connectivity index (χ1v) is 5.60. The molecule has 0 aliphatic heterocycles. The molecule has 0 aliphatic carbocycles. The molecule has 0 bridgehead atoms. The first-order chi connectivity index (χ1) is 6.56. The van der Waals surface area contributed by atoms with Crippen molar-refractivity contribution in [1.29, 1.82) is 0 Å². The second-order valence-electron chi connectivity index (χ2n) is 4.27. The lowest BCUT2D eigenvalue weighted by Gasteiger charge is -2.15. The summed E-state index contributed by atoms with van der Waals surface area (Å²) < 4.78 is 0. The zero-order valence-corrected chi connectivity index (χ0v) is 9.89. The highest BCUT2D eigenvalue weighted by Crippen LogP contribution is 2.05. The third kappa shape index (κ3) is 7.90. The maximum Gasteiger partial charge on any atom is 0.314 e. The highest BCUT2D eigenvalue weighted by molar-refractivity contribution is 5.74. The summed E-state index contributed by atoms with van der Waals surface area (Å²) in [5.74, 6) is 0.706. The van der Waals surface area contributed by atoms with Gasteiger partial charge in [0.15, 0.2) is 0 Å². The van der Waals surface area contributed by atoms with Crippen LogP contribution in [0.3, 0.4) is 0 Å². The molecule has 0 aromatic carbocycles. The van der Waals surface area contributed by atoms with Gasteiger partial charge in [-0.2, -0.15) is 0 Å². The predicted molar refractivity (Wildman–Crippen MR) is 60.4 cm³/mol. The average molecular weight is 200 g/mol. The molecule has 0 aromatic heterocycles. The van der Waals surface area contributed by atoms with Crippen LogP contribution in [0.5, 0.6) is 0 Å². The van der Waals surface area contributed by atoms with Crippen LogP contribution < -0.4 is 10.6 Å². The lowest BCUT2D eigenvalue weighted by Crippen LogP contribution is -2.41. The van der Waals surface area contributed by atoms with E-state index in [9.17, 15) is 4.79 Å². The van der Waals surface area contributed by atoms with Crippen LogP contribution in [-0.2, 0) is 0 Å². The summed E-state index contributed by atoms with van der Waals surface area (Å²) in [5.41, 5.74) is 0. The molecule has 2 N–H and O–H groups in total. The fourth-order valence-electron chi connectivity index (χ4n) is 1.17. The van der Waals surface area contributed by atoms with Gasteiger partial charge in [-0.05, 0) is 32.1 Å². The minimum absolute atomic E-state index is 0.0388. The lowest BCUT2D eigenvalue weighted by molar-refractivity contribution is 0.236. The monoisotopic (exact) mass is 200 g/mol. The molecule has 0 saturated heterocycles. The van der Waals surface area contributed by atoms with Gasteiger partial charge in [-0.15, -0.1) is 0 Å². The summed E-state index contributed by atoms with van der Waals surface area (Å²) in [7, 11) is 0. The zero-order valence-electron chi connectivity index (χ0n) is 9.89. The molecule has 3 heteroatoms. The van der Waals surface area contributed by atoms with Gasteiger partial charge < -0.3 is 10.6 Å². The maximum atomic E-state index is 11.2. The molecule has 1 unspecified atom stereocenters. The summed E-state index contributed by atoms with van der Waals surface area (Å²) >= 11 is 0. The van der Waals surface area contributed by atoms with Gasteiger partial charge in [0, 0.05) is 12.6 Å². The van der Waals surface area contributed by atoms with Crippen LogP contribution >= 0.6 is 0 Å². The number of carbonyl (C=O) groups excluding carboxylic acids is 1. The molecule has 0 aliphatic rings. The maximum absolute atomic E-state index is 11.2. The largest absolute Gasteiger partial charge is 0.338 e. The standard InChI is InChI=1S/C11H24N2O/c1-5-8-12-11(14)13-10(4)7-6-9(2)3/h9-10H,5-8H2,1-4H3,(H2,12,13,14). The van der Waals surface area contributed by atoms with E-state index in [2.05, 4.69) is 24.5 Å². The van der Waals surface area contributed by atoms with Crippen molar-refractivity contribution < 1.29 is 4.79 Å². The molecule has 0 heterocycles. The fraction of sp³-hybridized carbons (Fsp3) is 0.909. The molecule has 14 heavy (non-hydrogen) atoms. The fourth-order valence-corrected chi connectivity index (χ4v) is 1.17. The Balaban J connectivity index is 3.50. The van der Waals surface area contributed by atoms with Crippen molar-refractivity contribution in [2.45, 2.75) is 53.0 Å². The lowest BCUT2D eigenvalue weighted by atomic mass is 10.0. The minimum Gasteiger partial charge on any atom is -0.338 e. The summed E-state index contributed by atoms with van der Waals surface area (Å²) in [6, 6.07) is 0.234. The van der Waals surface area contributed by atoms with Crippen molar-refractivity contribution >= 4 is 6.03 Å². The van der Waals surface area contributed by atoms with Crippen LogP contribution in [0.2, 0.25) is 0 Å². The number of nitrogens with one attached hydrogen (secondary N) is 2. The molecule has 3 nitrogen and oxygen atoms in total. The van der Waals surface area contributed by atoms with Crippen LogP contribution in [0.25, 0.3) is 0 Å². The number of hydrogen-bond donors (Lipinski definition) is 2. The zero-order chi connectivity index (χ0) is 11.0. The first kappa shape index (κ1) is 13.3. The normalized spacial score (nSPS) is 12.6. The number of hydrogen-bond acceptors (Lipinski definition) is 1. The summed E-state index contributed by atoms with van der Waals surface area (Å²) in [6.07, 6.45) is 3.19. The van der Waals surface area contributed by atoms with Crippen molar-refractivity contribution in [2.75, 3.05) is 6.54 Å². The van der Waals surface area contributed by atoms with Crippen LogP contribution in [0.4, 0.5) is 4.79 Å². The van der Waals surface area contributed by atoms with E-state index < -0.39 is 0 Å². The SMILES string of the molecule is CCCNC(=O)NC(C)CCC(C)C. The van der Waals surface area contributed by atoms with Crippen molar-refractivity contribution in [1.82, 2.24) is 10.6 Å². The Morgan fingerprint density at radius 3 is 2.36 bits per heavy atom. The molecular formula is C11H24N2O. The average Bonchev–Trinajstić information content (AvgIpc) is 2.11. The molecule has 84 valence electrons. The summed E-state index contributed by atoms with van der Waals surface area (Å²) in [4.78, 5) is 11.2. The Kier molecular flexibility index (Phi) is 7.25. The molecule has 0 aromatic rings. The summed E-state index contributed by atoms with van der Waals surface area (Å²) in [6.45, 7) is 9.24. The van der Waals surface area contributed by atoms with E-state index >= 15 is 0 Å². The van der Waals surface area contributed by atoms with E-state index in [4.69, 9.17) is 0 Å². The molecule has 0 rings (SSSR count). The Morgan fingerprint density at radius 2 is 1.86 bits per heavy atom. The van der Waals surface area contributed by atoms with Crippen LogP contribution in [0.15, 0.2) is 0 Å². The molecule has 0 radical (unpaired) electrons. The van der Waals surface area contributed by atoms with Crippen molar-refractivity contribution in [2.24, 2.45) is 5.92 Å². The second-order valence-corrected chi connectivity index (χ2v) is 4.27. The van der Waals surface area contributed by atoms with E-state index in [1.54, 1.807) is 0 Å². The second kappa shape index (κ2) is 7.65. The van der Waals surface area contributed by atoms with Gasteiger partial charge in [0.05, 0.1) is 0 Å². The van der Waals surface area contributed by atoms with Crippen molar-refractivity contribution in [3.05, 3.63) is 0 Å². The van der Waals surface area contributed by atoms with Gasteiger partial charge in [0.1, 0.15) is 0 Å². The first-order valence-electron chi connectivity index (χ1n) is 5.60. The third-order valence-corrected chi connectivity index (χ3v) is 2.09. The van der Waals surface area contributed by atoms with E-state index in [0.717, 1.165) is 25.8 Å². The Labute approximate surface area is 87.6 Å². The van der Waals surface area contributed by atoms with Crippen LogP contribution in [-0.4, -0.2) is 18.6 Å². The van der Waals surface area contributed by atoms with Gasteiger partial charge in [0.25, 0.3) is 0 Å². The highest BCUT2D eigenvalue weighted by atomic mass is 16.2. The summed E-state index contributed by atoms with van der Waals surface area (Å²) in [5, 5.41) is 5.72. The quantitative estimate of drug-likeness (QED) is 0.679. The smallest absolute Gasteiger partial charge is 0.314 e. The van der Waals surface area contributed by atoms with Crippen molar-refractivity contribution in [3.63, 3.8) is 0 Å². The van der Waals surface area contributed by atoms with E-state index in [1.165, 1.54) is 0 Å². The van der Waals surface area contributed by atoms with Gasteiger partial charge in [-0.25, -0.2) is 4.79 Å². The number of rotatable bonds is 6. The molecule has 0 fully saturated rings. The molecule has 0 spiro atoms. The molecular weight excluding hydrogens is 176 g/mol. The third-order valence-electron chi connectivity index (χ3n) is 2.09. The number of carbonyl (C=O) groups is 1. The topological polar surface area (TPSA) is 41.1 Å².